The Hall–Kier alpha value is -0.120. The Balaban J connectivity index is 1.55. The van der Waals surface area contributed by atoms with E-state index in [4.69, 9.17) is 0 Å². The van der Waals surface area contributed by atoms with Crippen LogP contribution >= 0.6 is 0 Å². The first-order valence-electron chi connectivity index (χ1n) is 8.30. The van der Waals surface area contributed by atoms with E-state index in [0.717, 1.165) is 30.2 Å². The summed E-state index contributed by atoms with van der Waals surface area (Å²) in [6, 6.07) is 4.22. The molecule has 3 heteroatoms. The fraction of sp³-hybridized carbons (Fsp3) is 1.00. The van der Waals surface area contributed by atoms with Crippen molar-refractivity contribution in [2.24, 2.45) is 0 Å². The predicted molar refractivity (Wildman–Crippen MR) is 80.5 cm³/mol. The monoisotopic (exact) mass is 265 g/mol. The van der Waals surface area contributed by atoms with Crippen LogP contribution in [0.1, 0.15) is 51.4 Å². The summed E-state index contributed by atoms with van der Waals surface area (Å²) in [6.07, 6.45) is 11.2. The maximum Gasteiger partial charge on any atom is 0.0125 e. The van der Waals surface area contributed by atoms with E-state index in [9.17, 15) is 0 Å². The van der Waals surface area contributed by atoms with Gasteiger partial charge in [-0.2, -0.15) is 0 Å². The zero-order chi connectivity index (χ0) is 13.4. The highest BCUT2D eigenvalue weighted by atomic mass is 15.2. The second-order valence-corrected chi connectivity index (χ2v) is 7.14. The summed E-state index contributed by atoms with van der Waals surface area (Å²) in [5.74, 6) is 0. The van der Waals surface area contributed by atoms with Crippen LogP contribution in [-0.4, -0.2) is 61.2 Å². The van der Waals surface area contributed by atoms with Gasteiger partial charge in [0.1, 0.15) is 0 Å². The lowest BCUT2D eigenvalue weighted by Gasteiger charge is -2.45. The molecule has 0 aromatic rings. The Morgan fingerprint density at radius 3 is 2.00 bits per heavy atom. The van der Waals surface area contributed by atoms with Crippen LogP contribution in [-0.2, 0) is 0 Å². The van der Waals surface area contributed by atoms with Crippen molar-refractivity contribution in [3.05, 3.63) is 0 Å². The minimum Gasteiger partial charge on any atom is -0.317 e. The number of rotatable bonds is 3. The van der Waals surface area contributed by atoms with Crippen molar-refractivity contribution in [3.63, 3.8) is 0 Å². The van der Waals surface area contributed by atoms with Crippen molar-refractivity contribution in [2.75, 3.05) is 21.1 Å². The number of fused-ring (bicyclic) bond motifs is 2. The van der Waals surface area contributed by atoms with Crippen LogP contribution in [0.2, 0.25) is 0 Å². The van der Waals surface area contributed by atoms with E-state index >= 15 is 0 Å². The van der Waals surface area contributed by atoms with Crippen LogP contribution in [0.4, 0.5) is 0 Å². The molecule has 2 unspecified atom stereocenters. The molecular formula is C16H31N3. The maximum atomic E-state index is 3.45. The third kappa shape index (κ3) is 2.70. The number of piperidine rings is 1. The summed E-state index contributed by atoms with van der Waals surface area (Å²) in [6.45, 7) is 0. The number of hydrogen-bond donors (Lipinski definition) is 1. The van der Waals surface area contributed by atoms with E-state index in [-0.39, 0.29) is 0 Å². The van der Waals surface area contributed by atoms with Gasteiger partial charge in [0.15, 0.2) is 0 Å². The Labute approximate surface area is 118 Å². The van der Waals surface area contributed by atoms with Gasteiger partial charge >= 0.3 is 0 Å². The molecule has 110 valence electrons. The smallest absolute Gasteiger partial charge is 0.0125 e. The summed E-state index contributed by atoms with van der Waals surface area (Å²) in [4.78, 5) is 5.41. The van der Waals surface area contributed by atoms with Crippen LogP contribution in [0, 0.1) is 0 Å². The summed E-state index contributed by atoms with van der Waals surface area (Å²) < 4.78 is 0. The molecule has 1 saturated carbocycles. The standard InChI is InChI=1S/C16H31N3/c1-17-12-4-6-13(7-5-12)18(2)16-10-14-8-9-15(11-16)19(14)3/h12-17H,4-11H2,1-3H3. The highest BCUT2D eigenvalue weighted by Gasteiger charge is 2.41. The largest absolute Gasteiger partial charge is 0.317 e. The van der Waals surface area contributed by atoms with Crippen molar-refractivity contribution in [1.29, 1.82) is 0 Å². The van der Waals surface area contributed by atoms with Crippen molar-refractivity contribution >= 4 is 0 Å². The van der Waals surface area contributed by atoms with E-state index in [1.54, 1.807) is 0 Å². The minimum atomic E-state index is 0.776. The molecule has 2 heterocycles. The molecular weight excluding hydrogens is 234 g/mol. The molecule has 3 fully saturated rings. The number of hydrogen-bond acceptors (Lipinski definition) is 3. The molecule has 2 bridgehead atoms. The quantitative estimate of drug-likeness (QED) is 0.843. The Kier molecular flexibility index (Phi) is 4.16. The van der Waals surface area contributed by atoms with Gasteiger partial charge in [0.25, 0.3) is 0 Å². The second kappa shape index (κ2) is 5.71. The van der Waals surface area contributed by atoms with Gasteiger partial charge in [-0.3, -0.25) is 0 Å². The van der Waals surface area contributed by atoms with Gasteiger partial charge in [-0.15, -0.1) is 0 Å². The minimum absolute atomic E-state index is 0.776. The molecule has 19 heavy (non-hydrogen) atoms. The Bertz CT molecular complexity index is 284. The van der Waals surface area contributed by atoms with Gasteiger partial charge in [0, 0.05) is 30.2 Å². The number of nitrogens with one attached hydrogen (secondary N) is 1. The van der Waals surface area contributed by atoms with E-state index in [0.29, 0.717) is 0 Å². The van der Waals surface area contributed by atoms with Gasteiger partial charge in [0.05, 0.1) is 0 Å². The van der Waals surface area contributed by atoms with E-state index < -0.39 is 0 Å². The van der Waals surface area contributed by atoms with Gasteiger partial charge in [-0.1, -0.05) is 0 Å². The predicted octanol–water partition coefficient (Wildman–Crippen LogP) is 2.07. The number of nitrogens with zero attached hydrogens (tertiary/aromatic N) is 2. The van der Waals surface area contributed by atoms with Crippen molar-refractivity contribution < 1.29 is 0 Å². The molecule has 1 N–H and O–H groups in total. The third-order valence-electron chi connectivity index (χ3n) is 6.33. The third-order valence-corrected chi connectivity index (χ3v) is 6.33. The lowest BCUT2D eigenvalue weighted by molar-refractivity contribution is 0.0518. The van der Waals surface area contributed by atoms with Crippen molar-refractivity contribution in [1.82, 2.24) is 15.1 Å². The molecule has 2 saturated heterocycles. The Morgan fingerprint density at radius 1 is 0.895 bits per heavy atom. The van der Waals surface area contributed by atoms with Gasteiger partial charge in [-0.05, 0) is 72.5 Å². The van der Waals surface area contributed by atoms with E-state index in [2.05, 4.69) is 36.3 Å². The van der Waals surface area contributed by atoms with E-state index in [1.165, 1.54) is 51.4 Å². The first-order chi connectivity index (χ1) is 9.19. The average Bonchev–Trinajstić information content (AvgIpc) is 2.68. The molecule has 1 aliphatic carbocycles. The molecule has 2 atom stereocenters. The van der Waals surface area contributed by atoms with Crippen LogP contribution in [0.3, 0.4) is 0 Å². The molecule has 0 aromatic heterocycles. The molecule has 0 aromatic carbocycles. The molecule has 0 radical (unpaired) electrons. The lowest BCUT2D eigenvalue weighted by Crippen LogP contribution is -2.51. The van der Waals surface area contributed by atoms with Crippen LogP contribution in [0.15, 0.2) is 0 Å². The SMILES string of the molecule is CNC1CCC(N(C)C2CC3CCC(C2)N3C)CC1. The van der Waals surface area contributed by atoms with Gasteiger partial charge in [-0.25, -0.2) is 0 Å². The van der Waals surface area contributed by atoms with Crippen LogP contribution < -0.4 is 5.32 Å². The molecule has 0 amide bonds. The topological polar surface area (TPSA) is 18.5 Å². The first kappa shape index (κ1) is 13.8. The normalized spacial score (nSPS) is 43.9. The second-order valence-electron chi connectivity index (χ2n) is 7.14. The fourth-order valence-electron chi connectivity index (χ4n) is 4.79. The summed E-state index contributed by atoms with van der Waals surface area (Å²) >= 11 is 0. The highest BCUT2D eigenvalue weighted by molar-refractivity contribution is 4.97. The van der Waals surface area contributed by atoms with Crippen molar-refractivity contribution in [2.45, 2.75) is 81.6 Å². The fourth-order valence-corrected chi connectivity index (χ4v) is 4.79. The zero-order valence-electron chi connectivity index (χ0n) is 12.9. The molecule has 3 rings (SSSR count). The zero-order valence-corrected chi connectivity index (χ0v) is 12.9. The van der Waals surface area contributed by atoms with E-state index in [1.807, 2.05) is 0 Å². The summed E-state index contributed by atoms with van der Waals surface area (Å²) in [5, 5.41) is 3.45. The molecule has 2 aliphatic heterocycles. The lowest BCUT2D eigenvalue weighted by atomic mass is 9.88. The molecule has 0 spiro atoms. The Morgan fingerprint density at radius 2 is 1.47 bits per heavy atom. The van der Waals surface area contributed by atoms with Crippen molar-refractivity contribution in [3.8, 4) is 0 Å². The van der Waals surface area contributed by atoms with Gasteiger partial charge < -0.3 is 15.1 Å². The molecule has 3 nitrogen and oxygen atoms in total. The highest BCUT2D eigenvalue weighted by Crippen LogP contribution is 2.37. The average molecular weight is 265 g/mol. The summed E-state index contributed by atoms with van der Waals surface area (Å²) in [5.41, 5.74) is 0. The van der Waals surface area contributed by atoms with Crippen LogP contribution in [0.25, 0.3) is 0 Å². The van der Waals surface area contributed by atoms with Crippen LogP contribution in [0.5, 0.6) is 0 Å². The first-order valence-corrected chi connectivity index (χ1v) is 8.30. The molecule has 3 aliphatic rings. The summed E-state index contributed by atoms with van der Waals surface area (Å²) in [7, 11) is 6.86. The maximum absolute atomic E-state index is 3.45. The van der Waals surface area contributed by atoms with Gasteiger partial charge in [0.2, 0.25) is 0 Å².